The van der Waals surface area contributed by atoms with Gasteiger partial charge in [-0.1, -0.05) is 18.2 Å². The second kappa shape index (κ2) is 11.0. The first-order valence-electron chi connectivity index (χ1n) is 11.4. The molecule has 0 saturated heterocycles. The van der Waals surface area contributed by atoms with Crippen molar-refractivity contribution in [3.8, 4) is 5.75 Å². The van der Waals surface area contributed by atoms with Crippen LogP contribution in [0.3, 0.4) is 0 Å². The van der Waals surface area contributed by atoms with Crippen molar-refractivity contribution in [1.29, 1.82) is 0 Å². The number of hydrogen-bond donors (Lipinski definition) is 0. The molecule has 2 aliphatic rings. The van der Waals surface area contributed by atoms with E-state index in [2.05, 4.69) is 18.0 Å². The minimum Gasteiger partial charge on any atom is -0.496 e. The zero-order valence-electron chi connectivity index (χ0n) is 19.1. The lowest BCUT2D eigenvalue weighted by molar-refractivity contribution is -0.117. The highest BCUT2D eigenvalue weighted by atomic mass is 35.5. The molecule has 0 atom stereocenters. The van der Waals surface area contributed by atoms with Crippen LogP contribution in [0.15, 0.2) is 36.4 Å². The maximum atomic E-state index is 12.8. The lowest BCUT2D eigenvalue weighted by Crippen LogP contribution is -2.31. The summed E-state index contributed by atoms with van der Waals surface area (Å²) in [6.07, 6.45) is 5.79. The van der Waals surface area contributed by atoms with Crippen molar-refractivity contribution in [2.45, 2.75) is 44.9 Å². The van der Waals surface area contributed by atoms with E-state index >= 15 is 0 Å². The fourth-order valence-corrected chi connectivity index (χ4v) is 4.78. The highest BCUT2D eigenvalue weighted by Crippen LogP contribution is 2.37. The van der Waals surface area contributed by atoms with Crippen molar-refractivity contribution >= 4 is 29.8 Å². The van der Waals surface area contributed by atoms with Gasteiger partial charge < -0.3 is 14.5 Å². The minimum absolute atomic E-state index is 0. The van der Waals surface area contributed by atoms with Crippen LogP contribution in [0.5, 0.6) is 5.75 Å². The molecule has 32 heavy (non-hydrogen) atoms. The van der Waals surface area contributed by atoms with Crippen LogP contribution in [0.4, 0.5) is 5.69 Å². The Morgan fingerprint density at radius 3 is 2.72 bits per heavy atom. The van der Waals surface area contributed by atoms with E-state index in [1.165, 1.54) is 11.1 Å². The molecule has 0 unspecified atom stereocenters. The third-order valence-corrected chi connectivity index (χ3v) is 6.48. The van der Waals surface area contributed by atoms with Crippen molar-refractivity contribution in [3.05, 3.63) is 58.7 Å². The molecule has 6 heteroatoms. The molecule has 172 valence electrons. The topological polar surface area (TPSA) is 49.9 Å². The predicted molar refractivity (Wildman–Crippen MR) is 130 cm³/mol. The van der Waals surface area contributed by atoms with Gasteiger partial charge in [0.1, 0.15) is 5.75 Å². The normalized spacial score (nSPS) is 14.3. The Labute approximate surface area is 197 Å². The number of halogens is 1. The first-order valence-corrected chi connectivity index (χ1v) is 11.4. The van der Waals surface area contributed by atoms with Crippen molar-refractivity contribution < 1.29 is 14.3 Å². The van der Waals surface area contributed by atoms with Gasteiger partial charge in [0.25, 0.3) is 0 Å². The molecule has 5 nitrogen and oxygen atoms in total. The number of methoxy groups -OCH3 is 1. The number of aryl methyl sites for hydroxylation is 1. The zero-order chi connectivity index (χ0) is 21.8. The van der Waals surface area contributed by atoms with Crippen LogP contribution in [0.25, 0.3) is 0 Å². The molecule has 0 radical (unpaired) electrons. The maximum absolute atomic E-state index is 12.8. The first kappa shape index (κ1) is 24.3. The number of ether oxygens (including phenoxy) is 1. The number of anilines is 1. The van der Waals surface area contributed by atoms with E-state index in [-0.39, 0.29) is 24.1 Å². The van der Waals surface area contributed by atoms with Gasteiger partial charge in [-0.05, 0) is 80.6 Å². The average Bonchev–Trinajstić information content (AvgIpc) is 3.12. The van der Waals surface area contributed by atoms with Gasteiger partial charge in [0.05, 0.1) is 19.2 Å². The highest BCUT2D eigenvalue weighted by Gasteiger charge is 2.32. The van der Waals surface area contributed by atoms with Crippen LogP contribution in [-0.2, 0) is 24.1 Å². The number of ketones is 1. The molecule has 0 N–H and O–H groups in total. The fraction of sp³-hybridized carbons (Fsp3) is 0.462. The summed E-state index contributed by atoms with van der Waals surface area (Å²) in [5.74, 6) is 1.32. The number of benzene rings is 2. The third-order valence-electron chi connectivity index (χ3n) is 6.48. The van der Waals surface area contributed by atoms with Gasteiger partial charge in [0, 0.05) is 25.1 Å². The lowest BCUT2D eigenvalue weighted by atomic mass is 9.94. The van der Waals surface area contributed by atoms with E-state index in [0.29, 0.717) is 12.8 Å². The lowest BCUT2D eigenvalue weighted by Gasteiger charge is -2.25. The number of para-hydroxylation sites is 1. The smallest absolute Gasteiger partial charge is 0.231 e. The van der Waals surface area contributed by atoms with E-state index < -0.39 is 0 Å². The van der Waals surface area contributed by atoms with E-state index in [4.69, 9.17) is 4.74 Å². The van der Waals surface area contributed by atoms with Crippen molar-refractivity contribution in [3.63, 3.8) is 0 Å². The average molecular weight is 457 g/mol. The molecule has 0 spiro atoms. The Balaban J connectivity index is 0.00000289. The van der Waals surface area contributed by atoms with Crippen molar-refractivity contribution in [2.24, 2.45) is 0 Å². The van der Waals surface area contributed by atoms with E-state index in [1.54, 1.807) is 7.11 Å². The monoisotopic (exact) mass is 456 g/mol. The number of amides is 1. The highest BCUT2D eigenvalue weighted by molar-refractivity contribution is 6.05. The van der Waals surface area contributed by atoms with Crippen LogP contribution in [-0.4, -0.2) is 50.4 Å². The number of Topliss-reactive ketones (excluding diaryl/α,β-unsaturated/α-hetero) is 1. The van der Waals surface area contributed by atoms with Gasteiger partial charge in [-0.15, -0.1) is 12.4 Å². The zero-order valence-corrected chi connectivity index (χ0v) is 19.9. The molecule has 0 fully saturated rings. The van der Waals surface area contributed by atoms with Crippen LogP contribution in [0.1, 0.15) is 52.7 Å². The molecule has 0 bridgehead atoms. The first-order chi connectivity index (χ1) is 15.1. The van der Waals surface area contributed by atoms with E-state index in [1.807, 2.05) is 35.2 Å². The Hall–Kier alpha value is -2.37. The summed E-state index contributed by atoms with van der Waals surface area (Å²) >= 11 is 0. The van der Waals surface area contributed by atoms with Gasteiger partial charge in [-0.25, -0.2) is 0 Å². The number of unbranched alkanes of at least 4 members (excludes halogenated alkanes) is 1. The summed E-state index contributed by atoms with van der Waals surface area (Å²) in [5.41, 5.74) is 5.32. The molecule has 2 aliphatic heterocycles. The SMILES string of the molecule is COc1ccccc1CCN(C)CCCCC(=O)c1cc2c3c(c1)CC(=O)N3CCC2.Cl. The molecule has 2 aromatic rings. The molecule has 0 aliphatic carbocycles. The molecule has 4 rings (SSSR count). The molecule has 2 aromatic carbocycles. The number of rotatable bonds is 10. The number of carbonyl (C=O) groups excluding carboxylic acids is 2. The third kappa shape index (κ3) is 5.33. The van der Waals surface area contributed by atoms with Crippen LogP contribution >= 0.6 is 12.4 Å². The van der Waals surface area contributed by atoms with E-state index in [0.717, 1.165) is 74.3 Å². The molecule has 1 amide bonds. The molecular weight excluding hydrogens is 424 g/mol. The molecular formula is C26H33ClN2O3. The summed E-state index contributed by atoms with van der Waals surface area (Å²) in [6.45, 7) is 2.76. The van der Waals surface area contributed by atoms with E-state index in [9.17, 15) is 9.59 Å². The second-order valence-corrected chi connectivity index (χ2v) is 8.71. The van der Waals surface area contributed by atoms with Gasteiger partial charge >= 0.3 is 0 Å². The molecule has 0 aromatic heterocycles. The summed E-state index contributed by atoms with van der Waals surface area (Å²) in [5, 5.41) is 0. The molecule has 2 heterocycles. The van der Waals surface area contributed by atoms with Crippen LogP contribution in [0, 0.1) is 0 Å². The second-order valence-electron chi connectivity index (χ2n) is 8.71. The van der Waals surface area contributed by atoms with Gasteiger partial charge in [0.2, 0.25) is 5.91 Å². The Kier molecular flexibility index (Phi) is 8.32. The number of likely N-dealkylation sites (N-methyl/N-ethyl adjacent to an activating group) is 1. The van der Waals surface area contributed by atoms with Crippen molar-refractivity contribution in [2.75, 3.05) is 38.7 Å². The van der Waals surface area contributed by atoms with Gasteiger partial charge in [-0.3, -0.25) is 9.59 Å². The number of nitrogens with zero attached hydrogens (tertiary/aromatic N) is 2. The summed E-state index contributed by atoms with van der Waals surface area (Å²) in [6, 6.07) is 12.1. The van der Waals surface area contributed by atoms with Crippen LogP contribution < -0.4 is 9.64 Å². The standard InChI is InChI=1S/C26H32N2O3.ClH/c1-27(15-12-19-8-3-4-11-24(19)31-2)13-6-5-10-23(29)21-16-20-9-7-14-28-25(30)18-22(17-21)26(20)28;/h3-4,8,11,16-17H,5-7,9-10,12-15,18H2,1-2H3;1H. The summed E-state index contributed by atoms with van der Waals surface area (Å²) in [7, 11) is 3.84. The summed E-state index contributed by atoms with van der Waals surface area (Å²) in [4.78, 5) is 29.2. The predicted octanol–water partition coefficient (Wildman–Crippen LogP) is 4.48. The summed E-state index contributed by atoms with van der Waals surface area (Å²) < 4.78 is 5.43. The molecule has 0 saturated carbocycles. The number of carbonyl (C=O) groups is 2. The minimum atomic E-state index is 0. The fourth-order valence-electron chi connectivity index (χ4n) is 4.78. The number of hydrogen-bond acceptors (Lipinski definition) is 4. The maximum Gasteiger partial charge on any atom is 0.231 e. The van der Waals surface area contributed by atoms with Gasteiger partial charge in [0.15, 0.2) is 5.78 Å². The van der Waals surface area contributed by atoms with Crippen molar-refractivity contribution in [1.82, 2.24) is 4.90 Å². The Bertz CT molecular complexity index is 976. The largest absolute Gasteiger partial charge is 0.496 e. The van der Waals surface area contributed by atoms with Gasteiger partial charge in [-0.2, -0.15) is 0 Å². The Morgan fingerprint density at radius 2 is 1.91 bits per heavy atom. The van der Waals surface area contributed by atoms with Crippen LogP contribution in [0.2, 0.25) is 0 Å². The Morgan fingerprint density at radius 1 is 1.12 bits per heavy atom. The quantitative estimate of drug-likeness (QED) is 0.390.